The topological polar surface area (TPSA) is 63.4 Å². The van der Waals surface area contributed by atoms with Gasteiger partial charge in [-0.3, -0.25) is 4.98 Å². The van der Waals surface area contributed by atoms with Crippen LogP contribution in [0.2, 0.25) is 0 Å². The normalized spacial score (nSPS) is 11.8. The van der Waals surface area contributed by atoms with Crippen LogP contribution in [0.1, 0.15) is 11.5 Å². The molecule has 0 radical (unpaired) electrons. The van der Waals surface area contributed by atoms with Crippen LogP contribution < -0.4 is 0 Å². The Morgan fingerprint density at radius 1 is 1.00 bits per heavy atom. The maximum Gasteiger partial charge on any atom is 0.246 e. The van der Waals surface area contributed by atoms with E-state index in [1.54, 1.807) is 36.5 Å². The van der Waals surface area contributed by atoms with E-state index in [4.69, 9.17) is 4.42 Å². The Kier molecular flexibility index (Phi) is 4.73. The lowest BCUT2D eigenvalue weighted by Gasteiger charge is -2.21. The second-order valence-corrected chi connectivity index (χ2v) is 7.01. The van der Waals surface area contributed by atoms with Gasteiger partial charge in [0.15, 0.2) is 0 Å². The molecular formula is C17H15FN2O3S. The summed E-state index contributed by atoms with van der Waals surface area (Å²) in [4.78, 5) is 3.78. The Hall–Kier alpha value is -2.51. The van der Waals surface area contributed by atoms with Crippen LogP contribution in [0.4, 0.5) is 4.39 Å². The van der Waals surface area contributed by atoms with Gasteiger partial charge in [0, 0.05) is 6.20 Å². The third-order valence-corrected chi connectivity index (χ3v) is 5.26. The number of sulfonamides is 1. The number of rotatable bonds is 6. The molecule has 3 rings (SSSR count). The second kappa shape index (κ2) is 6.94. The van der Waals surface area contributed by atoms with Crippen molar-refractivity contribution in [3.8, 4) is 0 Å². The lowest BCUT2D eigenvalue weighted by Crippen LogP contribution is -2.31. The minimum absolute atomic E-state index is 0.0121. The predicted octanol–water partition coefficient (Wildman–Crippen LogP) is 3.20. The predicted molar refractivity (Wildman–Crippen MR) is 85.8 cm³/mol. The molecule has 0 unspecified atom stereocenters. The van der Waals surface area contributed by atoms with E-state index in [9.17, 15) is 12.8 Å². The number of halogens is 1. The molecule has 0 saturated heterocycles. The van der Waals surface area contributed by atoms with Gasteiger partial charge in [-0.05, 0) is 36.4 Å². The summed E-state index contributed by atoms with van der Waals surface area (Å²) in [6, 6.07) is 13.9. The smallest absolute Gasteiger partial charge is 0.246 e. The van der Waals surface area contributed by atoms with E-state index in [-0.39, 0.29) is 18.0 Å². The van der Waals surface area contributed by atoms with Gasteiger partial charge >= 0.3 is 0 Å². The quantitative estimate of drug-likeness (QED) is 0.687. The van der Waals surface area contributed by atoms with E-state index in [0.29, 0.717) is 11.5 Å². The highest BCUT2D eigenvalue weighted by Crippen LogP contribution is 2.23. The third-order valence-electron chi connectivity index (χ3n) is 3.43. The Labute approximate surface area is 139 Å². The van der Waals surface area contributed by atoms with Gasteiger partial charge in [0.25, 0.3) is 0 Å². The van der Waals surface area contributed by atoms with Crippen molar-refractivity contribution in [3.63, 3.8) is 0 Å². The molecule has 2 aromatic heterocycles. The van der Waals surface area contributed by atoms with Crippen molar-refractivity contribution in [2.24, 2.45) is 0 Å². The van der Waals surface area contributed by atoms with E-state index in [2.05, 4.69) is 4.98 Å². The van der Waals surface area contributed by atoms with Crippen molar-refractivity contribution in [3.05, 3.63) is 84.3 Å². The molecule has 0 spiro atoms. The summed E-state index contributed by atoms with van der Waals surface area (Å²) >= 11 is 0. The minimum Gasteiger partial charge on any atom is -0.468 e. The summed E-state index contributed by atoms with van der Waals surface area (Å²) in [7, 11) is -4.05. The summed E-state index contributed by atoms with van der Waals surface area (Å²) in [6.07, 6.45) is 3.04. The van der Waals surface area contributed by atoms with E-state index in [1.165, 1.54) is 24.5 Å². The van der Waals surface area contributed by atoms with Crippen molar-refractivity contribution in [1.29, 1.82) is 0 Å². The summed E-state index contributed by atoms with van der Waals surface area (Å²) in [5.74, 6) is -0.325. The van der Waals surface area contributed by atoms with Crippen LogP contribution in [-0.2, 0) is 23.1 Å². The highest BCUT2D eigenvalue weighted by Gasteiger charge is 2.28. The van der Waals surface area contributed by atoms with Gasteiger partial charge in [-0.25, -0.2) is 12.8 Å². The maximum absolute atomic E-state index is 14.0. The molecule has 124 valence electrons. The van der Waals surface area contributed by atoms with Crippen LogP contribution in [0.3, 0.4) is 0 Å². The average molecular weight is 346 g/mol. The van der Waals surface area contributed by atoms with Crippen molar-refractivity contribution in [1.82, 2.24) is 9.29 Å². The number of aromatic nitrogens is 1. The summed E-state index contributed by atoms with van der Waals surface area (Å²) in [5, 5.41) is 0. The number of hydrogen-bond acceptors (Lipinski definition) is 4. The molecule has 2 heterocycles. The molecule has 0 saturated carbocycles. The first kappa shape index (κ1) is 16.4. The molecule has 5 nitrogen and oxygen atoms in total. The zero-order chi connectivity index (χ0) is 17.0. The van der Waals surface area contributed by atoms with Crippen LogP contribution >= 0.6 is 0 Å². The molecular weight excluding hydrogens is 331 g/mol. The fourth-order valence-electron chi connectivity index (χ4n) is 2.27. The van der Waals surface area contributed by atoms with Gasteiger partial charge in [0.2, 0.25) is 10.0 Å². The molecule has 24 heavy (non-hydrogen) atoms. The third kappa shape index (κ3) is 3.52. The lowest BCUT2D eigenvalue weighted by molar-refractivity contribution is 0.354. The molecule has 0 aliphatic carbocycles. The van der Waals surface area contributed by atoms with Crippen molar-refractivity contribution in [2.45, 2.75) is 18.0 Å². The van der Waals surface area contributed by atoms with Crippen LogP contribution in [0.15, 0.2) is 76.4 Å². The first-order chi connectivity index (χ1) is 11.6. The van der Waals surface area contributed by atoms with Gasteiger partial charge in [-0.1, -0.05) is 18.2 Å². The number of nitrogens with zero attached hydrogens (tertiary/aromatic N) is 2. The fraction of sp³-hybridized carbons (Fsp3) is 0.118. The molecule has 0 aliphatic heterocycles. The Balaban J connectivity index is 1.98. The van der Waals surface area contributed by atoms with Crippen LogP contribution in [0.25, 0.3) is 0 Å². The highest BCUT2D eigenvalue weighted by atomic mass is 32.2. The molecule has 3 aromatic rings. The van der Waals surface area contributed by atoms with Gasteiger partial charge in [-0.2, -0.15) is 4.31 Å². The lowest BCUT2D eigenvalue weighted by atomic mass is 10.3. The van der Waals surface area contributed by atoms with Crippen LogP contribution in [0.5, 0.6) is 0 Å². The number of benzene rings is 1. The molecule has 0 bridgehead atoms. The monoisotopic (exact) mass is 346 g/mol. The molecule has 0 N–H and O–H groups in total. The minimum atomic E-state index is -4.05. The van der Waals surface area contributed by atoms with Gasteiger partial charge < -0.3 is 4.42 Å². The van der Waals surface area contributed by atoms with E-state index < -0.39 is 15.8 Å². The Morgan fingerprint density at radius 2 is 1.79 bits per heavy atom. The van der Waals surface area contributed by atoms with E-state index in [1.807, 2.05) is 0 Å². The summed E-state index contributed by atoms with van der Waals surface area (Å²) in [5.41, 5.74) is 0.559. The van der Waals surface area contributed by atoms with Crippen molar-refractivity contribution in [2.75, 3.05) is 0 Å². The summed E-state index contributed by atoms with van der Waals surface area (Å²) in [6.45, 7) is -0.00154. The van der Waals surface area contributed by atoms with Crippen LogP contribution in [0, 0.1) is 5.82 Å². The second-order valence-electron chi connectivity index (χ2n) is 5.10. The Bertz CT molecular complexity index is 897. The first-order valence-electron chi connectivity index (χ1n) is 7.24. The number of furan rings is 1. The number of hydrogen-bond donors (Lipinski definition) is 0. The number of pyridine rings is 1. The molecule has 0 atom stereocenters. The summed E-state index contributed by atoms with van der Waals surface area (Å²) < 4.78 is 46.2. The van der Waals surface area contributed by atoms with E-state index >= 15 is 0 Å². The van der Waals surface area contributed by atoms with Crippen LogP contribution in [-0.4, -0.2) is 17.7 Å². The van der Waals surface area contributed by atoms with Gasteiger partial charge in [0.05, 0.1) is 25.0 Å². The Morgan fingerprint density at radius 3 is 2.46 bits per heavy atom. The zero-order valence-corrected chi connectivity index (χ0v) is 13.5. The fourth-order valence-corrected chi connectivity index (χ4v) is 3.71. The molecule has 0 amide bonds. The molecule has 1 aromatic carbocycles. The molecule has 0 aliphatic rings. The van der Waals surface area contributed by atoms with Crippen molar-refractivity contribution >= 4 is 10.0 Å². The zero-order valence-electron chi connectivity index (χ0n) is 12.7. The molecule has 0 fully saturated rings. The van der Waals surface area contributed by atoms with E-state index in [0.717, 1.165) is 10.4 Å². The molecule has 7 heteroatoms. The highest BCUT2D eigenvalue weighted by molar-refractivity contribution is 7.89. The largest absolute Gasteiger partial charge is 0.468 e. The SMILES string of the molecule is O=S(=O)(c1ccccc1F)N(Cc1ccccn1)Cc1ccco1. The van der Waals surface area contributed by atoms with Gasteiger partial charge in [-0.15, -0.1) is 0 Å². The van der Waals surface area contributed by atoms with Crippen molar-refractivity contribution < 1.29 is 17.2 Å². The standard InChI is InChI=1S/C17H15FN2O3S/c18-16-8-1-2-9-17(16)24(21,22)20(13-15-7-5-11-23-15)12-14-6-3-4-10-19-14/h1-11H,12-13H2. The maximum atomic E-state index is 14.0. The average Bonchev–Trinajstić information content (AvgIpc) is 3.08. The van der Waals surface area contributed by atoms with Gasteiger partial charge in [0.1, 0.15) is 16.5 Å². The first-order valence-corrected chi connectivity index (χ1v) is 8.68.